The lowest BCUT2D eigenvalue weighted by molar-refractivity contribution is 0.591. The van der Waals surface area contributed by atoms with E-state index in [9.17, 15) is 0 Å². The van der Waals surface area contributed by atoms with Crippen molar-refractivity contribution in [2.24, 2.45) is 0 Å². The molecule has 0 saturated carbocycles. The van der Waals surface area contributed by atoms with E-state index in [1.54, 1.807) is 0 Å². The van der Waals surface area contributed by atoms with E-state index in [4.69, 9.17) is 0 Å². The molecule has 4 heteroatoms. The molecular weight excluding hydrogens is 719 g/mol. The largest absolute Gasteiger partial charge is 0.309 e. The number of hydrogen-bond acceptors (Lipinski definition) is 2. The van der Waals surface area contributed by atoms with E-state index in [0.717, 1.165) is 87.5 Å². The lowest BCUT2D eigenvalue weighted by Gasteiger charge is -2.22. The highest BCUT2D eigenvalue weighted by Gasteiger charge is 2.37. The summed E-state index contributed by atoms with van der Waals surface area (Å²) in [5, 5.41) is 4.70. The summed E-state index contributed by atoms with van der Waals surface area (Å²) >= 11 is 0. The Morgan fingerprint density at radius 1 is 0.250 bits per heavy atom. The molecule has 56 heavy (non-hydrogen) atoms. The summed E-state index contributed by atoms with van der Waals surface area (Å²) in [6, 6.07) is 69.3. The second-order valence-corrected chi connectivity index (χ2v) is 19.8. The zero-order valence-corrected chi connectivity index (χ0v) is 32.3. The van der Waals surface area contributed by atoms with Crippen LogP contribution in [0.1, 0.15) is 33.4 Å². The van der Waals surface area contributed by atoms with Gasteiger partial charge in [0.1, 0.15) is 0 Å². The van der Waals surface area contributed by atoms with Crippen molar-refractivity contribution < 1.29 is 9.13 Å². The first-order valence-electron chi connectivity index (χ1n) is 18.9. The van der Waals surface area contributed by atoms with Gasteiger partial charge in [0.2, 0.25) is 0 Å². The molecule has 0 unspecified atom stereocenters. The molecule has 0 bridgehead atoms. The maximum absolute atomic E-state index is 15.9. The number of fused-ring (bicyclic) bond motifs is 5. The Bertz CT molecular complexity index is 2660. The monoisotopic (exact) mass is 754 g/mol. The van der Waals surface area contributed by atoms with Gasteiger partial charge in [-0.05, 0) is 67.8 Å². The molecule has 0 atom stereocenters. The zero-order chi connectivity index (χ0) is 37.7. The maximum atomic E-state index is 15.9. The third-order valence-electron chi connectivity index (χ3n) is 11.2. The van der Waals surface area contributed by atoms with Gasteiger partial charge in [-0.2, -0.15) is 0 Å². The fraction of sp³-hybridized carbons (Fsp3) is 0. The second-order valence-electron chi connectivity index (χ2n) is 14.3. The molecule has 2 nitrogen and oxygen atoms in total. The summed E-state index contributed by atoms with van der Waals surface area (Å²) in [7, 11) is -6.61. The first-order valence-corrected chi connectivity index (χ1v) is 22.3. The molecule has 0 spiro atoms. The lowest BCUT2D eigenvalue weighted by Crippen LogP contribution is -2.25. The summed E-state index contributed by atoms with van der Waals surface area (Å²) < 4.78 is 31.7. The third-order valence-corrected chi connectivity index (χ3v) is 17.3. The van der Waals surface area contributed by atoms with Crippen LogP contribution in [0.5, 0.6) is 0 Å². The van der Waals surface area contributed by atoms with Crippen molar-refractivity contribution in [2.75, 3.05) is 0 Å². The highest BCUT2D eigenvalue weighted by Crippen LogP contribution is 2.53. The van der Waals surface area contributed by atoms with Crippen LogP contribution >= 0.6 is 14.3 Å². The number of benzene rings is 8. The molecular formula is C52H36O2P2. The molecule has 0 fully saturated rings. The average Bonchev–Trinajstić information content (AvgIpc) is 3.49. The van der Waals surface area contributed by atoms with Crippen LogP contribution in [0.4, 0.5) is 0 Å². The summed E-state index contributed by atoms with van der Waals surface area (Å²) in [6.45, 7) is 0. The minimum atomic E-state index is -3.31. The standard InChI is InChI=1S/C52H36O2P2/c53-55(39-19-5-1-6-20-39,40-21-7-2-8-22-40)43-31-33-47-48-34-32-44(56(54,41-23-9-3-10-24-41)42-25-11-4-12-26-42)36-50(48)52(49(47)35-43)51-45-27-15-13-17-37(45)29-30-38-18-14-16-28-46(38)51/h1-36H. The maximum Gasteiger partial charge on any atom is 0.171 e. The van der Waals surface area contributed by atoms with E-state index in [1.165, 1.54) is 0 Å². The molecule has 266 valence electrons. The van der Waals surface area contributed by atoms with Crippen LogP contribution in [0.25, 0.3) is 34.4 Å². The predicted molar refractivity (Wildman–Crippen MR) is 237 cm³/mol. The molecule has 0 saturated heterocycles. The molecule has 0 aliphatic heterocycles. The highest BCUT2D eigenvalue weighted by atomic mass is 31.2. The van der Waals surface area contributed by atoms with Crippen molar-refractivity contribution in [1.29, 1.82) is 0 Å². The van der Waals surface area contributed by atoms with E-state index in [0.29, 0.717) is 0 Å². The third kappa shape index (κ3) is 5.41. The second kappa shape index (κ2) is 13.8. The smallest absolute Gasteiger partial charge is 0.171 e. The average molecular weight is 755 g/mol. The predicted octanol–water partition coefficient (Wildman–Crippen LogP) is 10.4. The molecule has 0 radical (unpaired) electrons. The Labute approximate surface area is 327 Å². The van der Waals surface area contributed by atoms with Gasteiger partial charge >= 0.3 is 0 Å². The van der Waals surface area contributed by atoms with Gasteiger partial charge in [-0.1, -0.05) is 206 Å². The van der Waals surface area contributed by atoms with Crippen molar-refractivity contribution >= 4 is 69.4 Å². The molecule has 0 amide bonds. The number of hydrogen-bond donors (Lipinski definition) is 0. The topological polar surface area (TPSA) is 34.1 Å². The zero-order valence-electron chi connectivity index (χ0n) is 30.5. The molecule has 0 aromatic heterocycles. The Hall–Kier alpha value is -6.30. The Morgan fingerprint density at radius 2 is 0.554 bits per heavy atom. The van der Waals surface area contributed by atoms with Gasteiger partial charge < -0.3 is 9.13 Å². The summed E-state index contributed by atoms with van der Waals surface area (Å²) in [5.41, 5.74) is 10.7. The highest BCUT2D eigenvalue weighted by molar-refractivity contribution is 7.85. The van der Waals surface area contributed by atoms with E-state index in [-0.39, 0.29) is 0 Å². The first kappa shape index (κ1) is 34.2. The van der Waals surface area contributed by atoms with Crippen LogP contribution in [0.15, 0.2) is 206 Å². The van der Waals surface area contributed by atoms with Crippen molar-refractivity contribution in [3.05, 3.63) is 240 Å². The fourth-order valence-corrected chi connectivity index (χ4v) is 13.9. The van der Waals surface area contributed by atoms with Crippen molar-refractivity contribution in [3.63, 3.8) is 0 Å². The fourth-order valence-electron chi connectivity index (χ4n) is 8.53. The van der Waals surface area contributed by atoms with E-state index in [2.05, 4.69) is 97.1 Å². The van der Waals surface area contributed by atoms with Gasteiger partial charge in [-0.25, -0.2) is 0 Å². The SMILES string of the molecule is O=P(c1ccccc1)(c1ccccc1)c1ccc2c(c1)C(=C1c3ccccc3C=Cc3ccccc31)c1cc(P(=O)(c3ccccc3)c3ccccc3)ccc1-2. The first-order chi connectivity index (χ1) is 27.5. The van der Waals surface area contributed by atoms with E-state index in [1.807, 2.05) is 121 Å². The molecule has 2 aliphatic rings. The van der Waals surface area contributed by atoms with Gasteiger partial charge in [0.05, 0.1) is 0 Å². The molecule has 10 rings (SSSR count). The van der Waals surface area contributed by atoms with E-state index < -0.39 is 14.3 Å². The van der Waals surface area contributed by atoms with Crippen LogP contribution < -0.4 is 31.8 Å². The lowest BCUT2D eigenvalue weighted by atomic mass is 9.86. The van der Waals surface area contributed by atoms with Gasteiger partial charge in [0.15, 0.2) is 14.3 Å². The Kier molecular flexibility index (Phi) is 8.41. The van der Waals surface area contributed by atoms with Crippen molar-refractivity contribution in [1.82, 2.24) is 0 Å². The quantitative estimate of drug-likeness (QED) is 0.159. The molecule has 8 aromatic carbocycles. The van der Waals surface area contributed by atoms with Gasteiger partial charge in [-0.15, -0.1) is 0 Å². The Morgan fingerprint density at radius 3 is 0.911 bits per heavy atom. The van der Waals surface area contributed by atoms with Crippen LogP contribution in [-0.4, -0.2) is 0 Å². The van der Waals surface area contributed by atoms with Crippen LogP contribution in [-0.2, 0) is 9.13 Å². The summed E-state index contributed by atoms with van der Waals surface area (Å²) in [5.74, 6) is 0. The molecule has 2 aliphatic carbocycles. The summed E-state index contributed by atoms with van der Waals surface area (Å²) in [4.78, 5) is 0. The van der Waals surface area contributed by atoms with Crippen LogP contribution in [0, 0.1) is 0 Å². The Balaban J connectivity index is 1.31. The molecule has 8 aromatic rings. The summed E-state index contributed by atoms with van der Waals surface area (Å²) in [6.07, 6.45) is 4.40. The van der Waals surface area contributed by atoms with Crippen LogP contribution in [0.2, 0.25) is 0 Å². The van der Waals surface area contributed by atoms with E-state index >= 15 is 9.13 Å². The normalized spacial score (nSPS) is 13.0. The molecule has 0 N–H and O–H groups in total. The van der Waals surface area contributed by atoms with Gasteiger partial charge in [-0.3, -0.25) is 0 Å². The molecule has 0 heterocycles. The van der Waals surface area contributed by atoms with Crippen LogP contribution in [0.3, 0.4) is 0 Å². The van der Waals surface area contributed by atoms with Crippen molar-refractivity contribution in [2.45, 2.75) is 0 Å². The van der Waals surface area contributed by atoms with Gasteiger partial charge in [0, 0.05) is 31.8 Å². The van der Waals surface area contributed by atoms with Crippen molar-refractivity contribution in [3.8, 4) is 11.1 Å². The van der Waals surface area contributed by atoms with Gasteiger partial charge in [0.25, 0.3) is 0 Å². The minimum absolute atomic E-state index is 0.771. The number of rotatable bonds is 6. The minimum Gasteiger partial charge on any atom is -0.309 e.